The molecule has 2 N–H and O–H groups in total. The molecule has 0 spiro atoms. The zero-order chi connectivity index (χ0) is 25.1. The summed E-state index contributed by atoms with van der Waals surface area (Å²) in [5.41, 5.74) is 6.21. The van der Waals surface area contributed by atoms with E-state index < -0.39 is 5.91 Å². The Labute approximate surface area is 206 Å². The van der Waals surface area contributed by atoms with Crippen LogP contribution in [-0.4, -0.2) is 22.9 Å². The minimum absolute atomic E-state index is 0.0260. The topological polar surface area (TPSA) is 102 Å². The summed E-state index contributed by atoms with van der Waals surface area (Å²) in [6.45, 7) is 8.25. The summed E-state index contributed by atoms with van der Waals surface area (Å²) < 4.78 is 12.0. The van der Waals surface area contributed by atoms with Crippen LogP contribution < -0.4 is 10.5 Å². The van der Waals surface area contributed by atoms with Gasteiger partial charge in [0.15, 0.2) is 5.78 Å². The molecule has 2 aromatic rings. The van der Waals surface area contributed by atoms with Crippen molar-refractivity contribution >= 4 is 23.3 Å². The lowest BCUT2D eigenvalue weighted by Gasteiger charge is -2.45. The van der Waals surface area contributed by atoms with Gasteiger partial charge in [0.2, 0.25) is 5.91 Å². The zero-order valence-corrected chi connectivity index (χ0v) is 20.9. The van der Waals surface area contributed by atoms with Crippen LogP contribution in [-0.2, 0) is 16.0 Å². The molecule has 3 rings (SSSR count). The summed E-state index contributed by atoms with van der Waals surface area (Å²) in [4.78, 5) is 24.1. The fourth-order valence-electron chi connectivity index (χ4n) is 4.95. The van der Waals surface area contributed by atoms with Crippen LogP contribution in [0.4, 0.5) is 0 Å². The van der Waals surface area contributed by atoms with Crippen LogP contribution in [0.15, 0.2) is 36.4 Å². The molecule has 1 amide bonds. The summed E-state index contributed by atoms with van der Waals surface area (Å²) in [7, 11) is 0. The Hall–Kier alpha value is -2.88. The van der Waals surface area contributed by atoms with E-state index in [1.165, 1.54) is 0 Å². The molecule has 0 atom stereocenters. The van der Waals surface area contributed by atoms with Gasteiger partial charge in [0.1, 0.15) is 17.6 Å². The van der Waals surface area contributed by atoms with Gasteiger partial charge in [0.25, 0.3) is 0 Å². The van der Waals surface area contributed by atoms with E-state index in [1.807, 2.05) is 0 Å². The van der Waals surface area contributed by atoms with E-state index in [0.717, 1.165) is 12.8 Å². The maximum Gasteiger partial charge on any atom is 0.217 e. The maximum atomic E-state index is 13.0. The van der Waals surface area contributed by atoms with Crippen LogP contribution in [0.2, 0.25) is 5.02 Å². The van der Waals surface area contributed by atoms with Crippen molar-refractivity contribution in [2.45, 2.75) is 71.0 Å². The monoisotopic (exact) mass is 482 g/mol. The third kappa shape index (κ3) is 6.59. The number of ketones is 1. The number of carbonyl (C=O) groups excluding carboxylic acids is 2. The van der Waals surface area contributed by atoms with Gasteiger partial charge in [0, 0.05) is 18.4 Å². The Morgan fingerprint density at radius 3 is 2.41 bits per heavy atom. The molecule has 0 saturated carbocycles. The number of halogens is 1. The number of benzene rings is 2. The van der Waals surface area contributed by atoms with Crippen molar-refractivity contribution in [2.75, 3.05) is 0 Å². The number of rotatable bonds is 8. The second kappa shape index (κ2) is 10.2. The first kappa shape index (κ1) is 25.7. The normalized spacial score (nSPS) is 17.1. The number of amides is 1. The summed E-state index contributed by atoms with van der Waals surface area (Å²) in [6.07, 6.45) is 2.54. The standard InChI is InChI=1S/C27H31ClN2O4/c1-26(2)14-17(15-27(3,4)34-26)12-22(31)19-8-10-24(21(28)13-19)33-23-7-5-6-18(20(23)16-29)9-11-25(30)32/h5-8,10,13,17H,9,11-12,14-15H2,1-4H3,(H2,30,32). The number of nitriles is 1. The highest BCUT2D eigenvalue weighted by Crippen LogP contribution is 2.40. The van der Waals surface area contributed by atoms with Gasteiger partial charge in [-0.25, -0.2) is 0 Å². The Balaban J connectivity index is 1.75. The zero-order valence-electron chi connectivity index (χ0n) is 20.1. The quantitative estimate of drug-likeness (QED) is 0.466. The molecule has 1 heterocycles. The highest BCUT2D eigenvalue weighted by atomic mass is 35.5. The molecule has 7 heteroatoms. The van der Waals surface area contributed by atoms with E-state index in [9.17, 15) is 14.9 Å². The molecule has 34 heavy (non-hydrogen) atoms. The van der Waals surface area contributed by atoms with Crippen molar-refractivity contribution < 1.29 is 19.1 Å². The van der Waals surface area contributed by atoms with Crippen molar-refractivity contribution in [2.24, 2.45) is 11.7 Å². The maximum absolute atomic E-state index is 13.0. The first-order valence-corrected chi connectivity index (χ1v) is 11.8. The van der Waals surface area contributed by atoms with Crippen LogP contribution in [0.5, 0.6) is 11.5 Å². The van der Waals surface area contributed by atoms with Crippen molar-refractivity contribution in [3.8, 4) is 17.6 Å². The molecule has 0 unspecified atom stereocenters. The number of nitrogens with zero attached hydrogens (tertiary/aromatic N) is 1. The van der Waals surface area contributed by atoms with Crippen molar-refractivity contribution in [1.82, 2.24) is 0 Å². The number of aryl methyl sites for hydroxylation is 1. The van der Waals surface area contributed by atoms with Crippen molar-refractivity contribution in [3.63, 3.8) is 0 Å². The Bertz CT molecular complexity index is 1120. The molecule has 0 aliphatic carbocycles. The number of hydrogen-bond acceptors (Lipinski definition) is 5. The number of carbonyl (C=O) groups is 2. The highest BCUT2D eigenvalue weighted by molar-refractivity contribution is 6.32. The molecule has 1 fully saturated rings. The van der Waals surface area contributed by atoms with E-state index in [0.29, 0.717) is 41.0 Å². The lowest BCUT2D eigenvalue weighted by atomic mass is 9.78. The fourth-order valence-corrected chi connectivity index (χ4v) is 5.17. The first-order chi connectivity index (χ1) is 15.9. The fraction of sp³-hybridized carbons (Fsp3) is 0.444. The predicted octanol–water partition coefficient (Wildman–Crippen LogP) is 5.98. The van der Waals surface area contributed by atoms with Crippen LogP contribution in [0.1, 0.15) is 74.9 Å². The second-order valence-corrected chi connectivity index (χ2v) is 10.5. The highest BCUT2D eigenvalue weighted by Gasteiger charge is 2.39. The minimum atomic E-state index is -0.439. The first-order valence-electron chi connectivity index (χ1n) is 11.4. The van der Waals surface area contributed by atoms with Gasteiger partial charge in [-0.15, -0.1) is 0 Å². The SMILES string of the molecule is CC1(C)CC(CC(=O)c2ccc(Oc3cccc(CCC(N)=O)c3C#N)c(Cl)c2)CC(C)(C)O1. The summed E-state index contributed by atoms with van der Waals surface area (Å²) in [5.74, 6) is 0.485. The molecule has 2 aromatic carbocycles. The summed E-state index contributed by atoms with van der Waals surface area (Å²) in [6, 6.07) is 12.2. The third-order valence-corrected chi connectivity index (χ3v) is 6.22. The van der Waals surface area contributed by atoms with Crippen molar-refractivity contribution in [1.29, 1.82) is 5.26 Å². The third-order valence-electron chi connectivity index (χ3n) is 5.93. The molecule has 1 aliphatic rings. The molecule has 0 bridgehead atoms. The van der Waals surface area contributed by atoms with Gasteiger partial charge in [-0.2, -0.15) is 5.26 Å². The number of hydrogen-bond donors (Lipinski definition) is 1. The Kier molecular flexibility index (Phi) is 7.70. The molecule has 180 valence electrons. The lowest BCUT2D eigenvalue weighted by Crippen LogP contribution is -2.45. The number of Topliss-reactive ketones (excluding diaryl/α,β-unsaturated/α-hetero) is 1. The number of nitrogens with two attached hydrogens (primary N) is 1. The average molecular weight is 483 g/mol. The van der Waals surface area contributed by atoms with E-state index in [1.54, 1.807) is 36.4 Å². The molecular formula is C27H31ClN2O4. The van der Waals surface area contributed by atoms with Crippen molar-refractivity contribution in [3.05, 3.63) is 58.1 Å². The van der Waals surface area contributed by atoms with E-state index in [-0.39, 0.29) is 34.3 Å². The lowest BCUT2D eigenvalue weighted by molar-refractivity contribution is -0.171. The van der Waals surface area contributed by atoms with Gasteiger partial charge < -0.3 is 15.2 Å². The van der Waals surface area contributed by atoms with Crippen LogP contribution in [0, 0.1) is 17.2 Å². The van der Waals surface area contributed by atoms with Crippen LogP contribution >= 0.6 is 11.6 Å². The van der Waals surface area contributed by atoms with Crippen LogP contribution in [0.3, 0.4) is 0 Å². The van der Waals surface area contributed by atoms with E-state index in [4.69, 9.17) is 26.8 Å². The number of ether oxygens (including phenoxy) is 2. The van der Waals surface area contributed by atoms with Gasteiger partial charge in [-0.3, -0.25) is 9.59 Å². The summed E-state index contributed by atoms with van der Waals surface area (Å²) in [5, 5.41) is 9.91. The van der Waals surface area contributed by atoms with E-state index in [2.05, 4.69) is 33.8 Å². The Morgan fingerprint density at radius 1 is 1.15 bits per heavy atom. The number of primary amides is 1. The minimum Gasteiger partial charge on any atom is -0.454 e. The molecule has 1 aliphatic heterocycles. The molecule has 0 radical (unpaired) electrons. The molecule has 0 aromatic heterocycles. The second-order valence-electron chi connectivity index (χ2n) is 10.1. The van der Waals surface area contributed by atoms with Gasteiger partial charge in [-0.05, 0) is 82.7 Å². The molecular weight excluding hydrogens is 452 g/mol. The smallest absolute Gasteiger partial charge is 0.217 e. The van der Waals surface area contributed by atoms with E-state index >= 15 is 0 Å². The Morgan fingerprint density at radius 2 is 1.82 bits per heavy atom. The largest absolute Gasteiger partial charge is 0.454 e. The summed E-state index contributed by atoms with van der Waals surface area (Å²) >= 11 is 6.45. The van der Waals surface area contributed by atoms with Gasteiger partial charge in [-0.1, -0.05) is 23.7 Å². The van der Waals surface area contributed by atoms with Gasteiger partial charge >= 0.3 is 0 Å². The average Bonchev–Trinajstić information content (AvgIpc) is 2.71. The predicted molar refractivity (Wildman–Crippen MR) is 131 cm³/mol. The molecule has 6 nitrogen and oxygen atoms in total. The van der Waals surface area contributed by atoms with Crippen LogP contribution in [0.25, 0.3) is 0 Å². The molecule has 1 saturated heterocycles. The van der Waals surface area contributed by atoms with Gasteiger partial charge in [0.05, 0.1) is 21.8 Å².